The highest BCUT2D eigenvalue weighted by Crippen LogP contribution is 2.41. The number of hydrogen-bond donors (Lipinski definition) is 3. The second-order valence-corrected chi connectivity index (χ2v) is 4.90. The van der Waals surface area contributed by atoms with Crippen LogP contribution < -0.4 is 16.0 Å². The van der Waals surface area contributed by atoms with Crippen LogP contribution in [0.2, 0.25) is 0 Å². The Balaban J connectivity index is 2.99. The van der Waals surface area contributed by atoms with Gasteiger partial charge >= 0.3 is 0 Å². The third-order valence-electron chi connectivity index (χ3n) is 3.47. The quantitative estimate of drug-likeness (QED) is 0.734. The van der Waals surface area contributed by atoms with Crippen LogP contribution in [0.25, 0.3) is 11.1 Å². The van der Waals surface area contributed by atoms with Crippen molar-refractivity contribution >= 4 is 5.82 Å². The minimum absolute atomic E-state index is 0.0250. The first-order valence-corrected chi connectivity index (χ1v) is 6.85. The number of nitriles is 2. The van der Waals surface area contributed by atoms with Gasteiger partial charge in [-0.1, -0.05) is 6.08 Å². The van der Waals surface area contributed by atoms with Crippen LogP contribution in [-0.4, -0.2) is 17.2 Å². The van der Waals surface area contributed by atoms with Crippen molar-refractivity contribution in [3.63, 3.8) is 0 Å². The van der Waals surface area contributed by atoms with Crippen LogP contribution >= 0.6 is 0 Å². The molecular weight excluding hydrogens is 308 g/mol. The zero-order valence-electron chi connectivity index (χ0n) is 12.9. The molecule has 0 radical (unpaired) electrons. The van der Waals surface area contributed by atoms with E-state index in [-0.39, 0.29) is 39.6 Å². The number of phenols is 1. The lowest BCUT2D eigenvalue weighted by molar-refractivity contribution is 0.374. The Bertz CT molecular complexity index is 962. The van der Waals surface area contributed by atoms with E-state index in [2.05, 4.69) is 11.6 Å². The van der Waals surface area contributed by atoms with Gasteiger partial charge in [-0.3, -0.25) is 4.79 Å². The second kappa shape index (κ2) is 6.59. The molecule has 0 unspecified atom stereocenters. The number of benzene rings is 1. The number of aromatic hydroxyl groups is 1. The van der Waals surface area contributed by atoms with Gasteiger partial charge < -0.3 is 20.6 Å². The molecule has 1 heterocycles. The van der Waals surface area contributed by atoms with Gasteiger partial charge in [-0.2, -0.15) is 10.5 Å². The molecule has 1 aromatic carbocycles. The zero-order valence-corrected chi connectivity index (χ0v) is 12.9. The van der Waals surface area contributed by atoms with E-state index in [9.17, 15) is 20.4 Å². The number of aromatic nitrogens is 1. The van der Waals surface area contributed by atoms with E-state index < -0.39 is 5.56 Å². The van der Waals surface area contributed by atoms with Crippen LogP contribution in [0, 0.1) is 22.7 Å². The van der Waals surface area contributed by atoms with E-state index in [1.807, 2.05) is 6.07 Å². The van der Waals surface area contributed by atoms with E-state index in [1.165, 1.54) is 7.11 Å². The number of methoxy groups -OCH3 is 1. The highest BCUT2D eigenvalue weighted by molar-refractivity contribution is 5.85. The minimum Gasteiger partial charge on any atom is -0.504 e. The van der Waals surface area contributed by atoms with Crippen molar-refractivity contribution in [2.45, 2.75) is 6.42 Å². The van der Waals surface area contributed by atoms with Crippen molar-refractivity contribution in [3.05, 3.63) is 51.8 Å². The first-order valence-electron chi connectivity index (χ1n) is 6.85. The summed E-state index contributed by atoms with van der Waals surface area (Å²) in [4.78, 5) is 14.3. The molecule has 120 valence electrons. The van der Waals surface area contributed by atoms with Crippen molar-refractivity contribution in [3.8, 4) is 34.8 Å². The lowest BCUT2D eigenvalue weighted by Crippen LogP contribution is -2.16. The number of anilines is 1. The number of pyridine rings is 1. The number of aromatic amines is 1. The summed E-state index contributed by atoms with van der Waals surface area (Å²) in [7, 11) is 1.37. The van der Waals surface area contributed by atoms with Gasteiger partial charge in [-0.25, -0.2) is 0 Å². The Morgan fingerprint density at radius 2 is 2.04 bits per heavy atom. The first kappa shape index (κ1) is 16.7. The molecule has 0 amide bonds. The van der Waals surface area contributed by atoms with E-state index in [4.69, 9.17) is 10.5 Å². The number of H-pyrrole nitrogens is 1. The molecule has 0 atom stereocenters. The maximum absolute atomic E-state index is 12.0. The number of nitrogens with two attached hydrogens (primary N) is 1. The van der Waals surface area contributed by atoms with Crippen LogP contribution in [-0.2, 0) is 6.42 Å². The van der Waals surface area contributed by atoms with E-state index in [0.717, 1.165) is 5.56 Å². The Morgan fingerprint density at radius 1 is 1.38 bits per heavy atom. The summed E-state index contributed by atoms with van der Waals surface area (Å²) < 4.78 is 5.13. The largest absolute Gasteiger partial charge is 0.504 e. The Hall–Kier alpha value is -3.71. The molecule has 1 aromatic heterocycles. The van der Waals surface area contributed by atoms with E-state index in [1.54, 1.807) is 24.3 Å². The Morgan fingerprint density at radius 3 is 2.58 bits per heavy atom. The number of ether oxygens (including phenoxy) is 1. The fourth-order valence-corrected chi connectivity index (χ4v) is 2.41. The van der Waals surface area contributed by atoms with E-state index in [0.29, 0.717) is 6.42 Å². The highest BCUT2D eigenvalue weighted by Gasteiger charge is 2.22. The summed E-state index contributed by atoms with van der Waals surface area (Å²) in [6, 6.07) is 6.79. The van der Waals surface area contributed by atoms with Crippen molar-refractivity contribution in [2.24, 2.45) is 0 Å². The van der Waals surface area contributed by atoms with Crippen molar-refractivity contribution in [1.29, 1.82) is 10.5 Å². The molecule has 0 fully saturated rings. The third-order valence-corrected chi connectivity index (χ3v) is 3.47. The van der Waals surface area contributed by atoms with Gasteiger partial charge in [0.1, 0.15) is 29.1 Å². The highest BCUT2D eigenvalue weighted by atomic mass is 16.5. The van der Waals surface area contributed by atoms with Gasteiger partial charge in [0.2, 0.25) is 0 Å². The lowest BCUT2D eigenvalue weighted by Gasteiger charge is -2.14. The summed E-state index contributed by atoms with van der Waals surface area (Å²) in [5.74, 6) is -0.316. The fourth-order valence-electron chi connectivity index (χ4n) is 2.41. The molecule has 0 aliphatic rings. The molecule has 0 saturated carbocycles. The number of hydrogen-bond acceptors (Lipinski definition) is 6. The molecule has 0 aliphatic carbocycles. The molecular formula is C17H14N4O3. The first-order chi connectivity index (χ1) is 11.5. The van der Waals surface area contributed by atoms with Crippen LogP contribution in [0.15, 0.2) is 29.6 Å². The van der Waals surface area contributed by atoms with Crippen molar-refractivity contribution in [1.82, 2.24) is 4.98 Å². The maximum atomic E-state index is 12.0. The number of nitrogens with zero attached hydrogens (tertiary/aromatic N) is 2. The molecule has 2 aromatic rings. The predicted molar refractivity (Wildman–Crippen MR) is 88.5 cm³/mol. The molecule has 7 heteroatoms. The molecule has 4 N–H and O–H groups in total. The van der Waals surface area contributed by atoms with Crippen molar-refractivity contribution in [2.75, 3.05) is 12.8 Å². The molecule has 7 nitrogen and oxygen atoms in total. The minimum atomic E-state index is -0.739. The number of rotatable bonds is 4. The second-order valence-electron chi connectivity index (χ2n) is 4.90. The standard InChI is InChI=1S/C17H14N4O3/c1-3-4-9-5-10(15(22)13(6-9)24-2)14-11(7-18)16(20)21-17(23)12(14)8-19/h3,5-6,22H,1,4H2,2H3,(H3,20,21,23). The number of nitrogens with one attached hydrogen (secondary N) is 1. The molecule has 0 bridgehead atoms. The summed E-state index contributed by atoms with van der Waals surface area (Å²) in [5, 5.41) is 29.1. The summed E-state index contributed by atoms with van der Waals surface area (Å²) in [6.07, 6.45) is 2.12. The van der Waals surface area contributed by atoms with Crippen LogP contribution in [0.3, 0.4) is 0 Å². The van der Waals surface area contributed by atoms with Crippen LogP contribution in [0.4, 0.5) is 5.82 Å². The predicted octanol–water partition coefficient (Wildman–Crippen LogP) is 1.81. The topological polar surface area (TPSA) is 136 Å². The molecule has 0 spiro atoms. The lowest BCUT2D eigenvalue weighted by atomic mass is 9.93. The molecule has 0 saturated heterocycles. The molecule has 2 rings (SSSR count). The fraction of sp³-hybridized carbons (Fsp3) is 0.118. The normalized spacial score (nSPS) is 9.79. The van der Waals surface area contributed by atoms with Crippen molar-refractivity contribution < 1.29 is 9.84 Å². The van der Waals surface area contributed by atoms with Gasteiger partial charge in [0.25, 0.3) is 5.56 Å². The van der Waals surface area contributed by atoms with Gasteiger partial charge in [0.15, 0.2) is 11.5 Å². The van der Waals surface area contributed by atoms with Gasteiger partial charge in [0.05, 0.1) is 7.11 Å². The monoisotopic (exact) mass is 322 g/mol. The number of allylic oxidation sites excluding steroid dienone is 1. The number of phenolic OH excluding ortho intramolecular Hbond substituents is 1. The molecule has 0 aliphatic heterocycles. The average molecular weight is 322 g/mol. The summed E-state index contributed by atoms with van der Waals surface area (Å²) in [5.41, 5.74) is 5.37. The Kier molecular flexibility index (Phi) is 4.57. The zero-order chi connectivity index (χ0) is 17.9. The van der Waals surface area contributed by atoms with Gasteiger partial charge in [-0.15, -0.1) is 6.58 Å². The summed E-state index contributed by atoms with van der Waals surface area (Å²) in [6.45, 7) is 3.65. The van der Waals surface area contributed by atoms with Gasteiger partial charge in [0, 0.05) is 11.1 Å². The molecule has 24 heavy (non-hydrogen) atoms. The number of nitrogen functional groups attached to an aromatic ring is 1. The SMILES string of the molecule is C=CCc1cc(OC)c(O)c(-c2c(C#N)c(N)[nH]c(=O)c2C#N)c1. The maximum Gasteiger partial charge on any atom is 0.268 e. The van der Waals surface area contributed by atoms with E-state index >= 15 is 0 Å². The summed E-state index contributed by atoms with van der Waals surface area (Å²) >= 11 is 0. The van der Waals surface area contributed by atoms with Crippen LogP contribution in [0.1, 0.15) is 16.7 Å². The third kappa shape index (κ3) is 2.67. The Labute approximate surface area is 137 Å². The van der Waals surface area contributed by atoms with Gasteiger partial charge in [-0.05, 0) is 24.1 Å². The average Bonchev–Trinajstić information content (AvgIpc) is 2.56. The smallest absolute Gasteiger partial charge is 0.268 e. The van der Waals surface area contributed by atoms with Crippen LogP contribution in [0.5, 0.6) is 11.5 Å².